The van der Waals surface area contributed by atoms with E-state index in [1.54, 1.807) is 13.8 Å². The van der Waals surface area contributed by atoms with Crippen molar-refractivity contribution in [1.82, 2.24) is 4.90 Å². The molecule has 1 aliphatic heterocycles. The Morgan fingerprint density at radius 2 is 2.18 bits per heavy atom. The first-order valence-electron chi connectivity index (χ1n) is 3.43. The Balaban J connectivity index is 2.74. The van der Waals surface area contributed by atoms with Crippen LogP contribution in [0.4, 0.5) is 4.79 Å². The second-order valence-electron chi connectivity index (χ2n) is 3.23. The molecule has 0 spiro atoms. The van der Waals surface area contributed by atoms with Crippen LogP contribution in [0.3, 0.4) is 0 Å². The lowest BCUT2D eigenvalue weighted by molar-refractivity contribution is -0.125. The SMILES string of the molecule is CC(=O)N1CC(C)(C)OC1=O. The predicted octanol–water partition coefficient (Wildman–Crippen LogP) is 0.764. The van der Waals surface area contributed by atoms with Gasteiger partial charge in [0.25, 0.3) is 0 Å². The number of amides is 2. The molecule has 4 nitrogen and oxygen atoms in total. The number of nitrogens with zero attached hydrogens (tertiary/aromatic N) is 1. The summed E-state index contributed by atoms with van der Waals surface area (Å²) < 4.78 is 4.89. The number of imide groups is 1. The molecule has 1 heterocycles. The highest BCUT2D eigenvalue weighted by molar-refractivity contribution is 5.92. The van der Waals surface area contributed by atoms with Crippen molar-refractivity contribution in [2.24, 2.45) is 0 Å². The minimum atomic E-state index is -0.539. The van der Waals surface area contributed by atoms with Crippen molar-refractivity contribution in [3.8, 4) is 0 Å². The number of carbonyl (C=O) groups is 2. The molecule has 0 unspecified atom stereocenters. The lowest BCUT2D eigenvalue weighted by atomic mass is 10.1. The van der Waals surface area contributed by atoms with Crippen molar-refractivity contribution >= 4 is 12.0 Å². The van der Waals surface area contributed by atoms with E-state index < -0.39 is 11.7 Å². The molecule has 1 saturated heterocycles. The molecule has 0 bridgehead atoms. The van der Waals surface area contributed by atoms with E-state index in [9.17, 15) is 9.59 Å². The van der Waals surface area contributed by atoms with E-state index in [4.69, 9.17) is 4.74 Å². The zero-order valence-corrected chi connectivity index (χ0v) is 6.88. The van der Waals surface area contributed by atoms with Gasteiger partial charge in [0.2, 0.25) is 5.91 Å². The van der Waals surface area contributed by atoms with Crippen LogP contribution in [0.5, 0.6) is 0 Å². The van der Waals surface area contributed by atoms with Crippen LogP contribution in [0.2, 0.25) is 0 Å². The van der Waals surface area contributed by atoms with E-state index in [0.29, 0.717) is 6.54 Å². The molecule has 11 heavy (non-hydrogen) atoms. The zero-order chi connectivity index (χ0) is 8.65. The fourth-order valence-electron chi connectivity index (χ4n) is 1.01. The van der Waals surface area contributed by atoms with E-state index >= 15 is 0 Å². The summed E-state index contributed by atoms with van der Waals surface area (Å²) in [7, 11) is 0. The predicted molar refractivity (Wildman–Crippen MR) is 37.9 cm³/mol. The smallest absolute Gasteiger partial charge is 0.417 e. The van der Waals surface area contributed by atoms with Crippen molar-refractivity contribution in [3.63, 3.8) is 0 Å². The first-order valence-corrected chi connectivity index (χ1v) is 3.43. The minimum Gasteiger partial charge on any atom is -0.441 e. The lowest BCUT2D eigenvalue weighted by Gasteiger charge is -2.13. The lowest BCUT2D eigenvalue weighted by Crippen LogP contribution is -2.32. The average Bonchev–Trinajstić information content (AvgIpc) is 2.05. The molecule has 1 fully saturated rings. The maximum Gasteiger partial charge on any atom is 0.417 e. The Labute approximate surface area is 65.1 Å². The van der Waals surface area contributed by atoms with Crippen LogP contribution in [-0.4, -0.2) is 29.0 Å². The third-order valence-corrected chi connectivity index (χ3v) is 1.50. The van der Waals surface area contributed by atoms with E-state index in [-0.39, 0.29) is 5.91 Å². The van der Waals surface area contributed by atoms with Crippen LogP contribution in [0.25, 0.3) is 0 Å². The highest BCUT2D eigenvalue weighted by Gasteiger charge is 2.39. The minimum absolute atomic E-state index is 0.263. The standard InChI is InChI=1S/C7H11NO3/c1-5(9)8-4-7(2,3)11-6(8)10/h4H2,1-3H3. The number of cyclic esters (lactones) is 1. The van der Waals surface area contributed by atoms with Crippen LogP contribution in [0, 0.1) is 0 Å². The number of ether oxygens (including phenoxy) is 1. The van der Waals surface area contributed by atoms with E-state index in [2.05, 4.69) is 0 Å². The Bertz CT molecular complexity index is 210. The topological polar surface area (TPSA) is 46.6 Å². The van der Waals surface area contributed by atoms with E-state index in [1.165, 1.54) is 6.92 Å². The summed E-state index contributed by atoms with van der Waals surface area (Å²) in [6, 6.07) is 0. The van der Waals surface area contributed by atoms with Gasteiger partial charge < -0.3 is 4.74 Å². The van der Waals surface area contributed by atoms with Gasteiger partial charge in [0.1, 0.15) is 5.60 Å². The molecule has 0 saturated carbocycles. The summed E-state index contributed by atoms with van der Waals surface area (Å²) in [5.74, 6) is -0.263. The molecule has 2 amide bonds. The highest BCUT2D eigenvalue weighted by Crippen LogP contribution is 2.20. The van der Waals surface area contributed by atoms with Crippen LogP contribution in [0.15, 0.2) is 0 Å². The monoisotopic (exact) mass is 157 g/mol. The van der Waals surface area contributed by atoms with Gasteiger partial charge in [-0.05, 0) is 13.8 Å². The molecule has 0 aliphatic carbocycles. The Morgan fingerprint density at radius 3 is 2.36 bits per heavy atom. The van der Waals surface area contributed by atoms with Crippen LogP contribution in [0.1, 0.15) is 20.8 Å². The summed E-state index contributed by atoms with van der Waals surface area (Å²) in [4.78, 5) is 22.8. The quantitative estimate of drug-likeness (QED) is 0.521. The van der Waals surface area contributed by atoms with Crippen molar-refractivity contribution < 1.29 is 14.3 Å². The number of hydrogen-bond acceptors (Lipinski definition) is 3. The molecule has 1 aliphatic rings. The fourth-order valence-corrected chi connectivity index (χ4v) is 1.01. The summed E-state index contributed by atoms with van der Waals surface area (Å²) in [5, 5.41) is 0. The molecule has 1 rings (SSSR count). The highest BCUT2D eigenvalue weighted by atomic mass is 16.6. The zero-order valence-electron chi connectivity index (χ0n) is 6.88. The van der Waals surface area contributed by atoms with Gasteiger partial charge in [-0.25, -0.2) is 9.69 Å². The molecule has 0 radical (unpaired) electrons. The van der Waals surface area contributed by atoms with E-state index in [1.807, 2.05) is 0 Å². The molecule has 0 aromatic carbocycles. The summed E-state index contributed by atoms with van der Waals surface area (Å²) in [5.41, 5.74) is -0.525. The number of rotatable bonds is 0. The Kier molecular flexibility index (Phi) is 1.62. The first-order chi connectivity index (χ1) is 4.92. The Morgan fingerprint density at radius 1 is 1.64 bits per heavy atom. The van der Waals surface area contributed by atoms with Gasteiger partial charge in [-0.15, -0.1) is 0 Å². The molecule has 0 aromatic heterocycles. The van der Waals surface area contributed by atoms with Gasteiger partial charge in [0, 0.05) is 6.92 Å². The van der Waals surface area contributed by atoms with Gasteiger partial charge in [-0.1, -0.05) is 0 Å². The molecular formula is C7H11NO3. The fraction of sp³-hybridized carbons (Fsp3) is 0.714. The van der Waals surface area contributed by atoms with Crippen LogP contribution in [-0.2, 0) is 9.53 Å². The molecule has 0 aromatic rings. The third-order valence-electron chi connectivity index (χ3n) is 1.50. The molecular weight excluding hydrogens is 146 g/mol. The number of carbonyl (C=O) groups excluding carboxylic acids is 2. The third kappa shape index (κ3) is 1.50. The van der Waals surface area contributed by atoms with Crippen LogP contribution < -0.4 is 0 Å². The van der Waals surface area contributed by atoms with Crippen molar-refractivity contribution in [3.05, 3.63) is 0 Å². The maximum absolute atomic E-state index is 10.9. The van der Waals surface area contributed by atoms with Gasteiger partial charge in [0.05, 0.1) is 6.54 Å². The largest absolute Gasteiger partial charge is 0.441 e. The van der Waals surface area contributed by atoms with Crippen LogP contribution >= 0.6 is 0 Å². The van der Waals surface area contributed by atoms with Crippen molar-refractivity contribution in [1.29, 1.82) is 0 Å². The second kappa shape index (κ2) is 2.22. The summed E-state index contributed by atoms with van der Waals surface area (Å²) >= 11 is 0. The Hall–Kier alpha value is -1.06. The molecule has 0 atom stereocenters. The maximum atomic E-state index is 10.9. The average molecular weight is 157 g/mol. The van der Waals surface area contributed by atoms with E-state index in [0.717, 1.165) is 4.90 Å². The van der Waals surface area contributed by atoms with Crippen molar-refractivity contribution in [2.75, 3.05) is 6.54 Å². The molecule has 62 valence electrons. The summed E-state index contributed by atoms with van der Waals surface area (Å²) in [6.07, 6.45) is -0.539. The van der Waals surface area contributed by atoms with Crippen molar-refractivity contribution in [2.45, 2.75) is 26.4 Å². The normalized spacial score (nSPS) is 21.7. The van der Waals surface area contributed by atoms with Gasteiger partial charge >= 0.3 is 6.09 Å². The molecule has 0 N–H and O–H groups in total. The van der Waals surface area contributed by atoms with Gasteiger partial charge in [0.15, 0.2) is 0 Å². The molecule has 4 heteroatoms. The number of hydrogen-bond donors (Lipinski definition) is 0. The second-order valence-corrected chi connectivity index (χ2v) is 3.23. The summed E-state index contributed by atoms with van der Waals surface area (Å²) in [6.45, 7) is 5.24. The van der Waals surface area contributed by atoms with Gasteiger partial charge in [-0.3, -0.25) is 4.79 Å². The first kappa shape index (κ1) is 8.04. The van der Waals surface area contributed by atoms with Gasteiger partial charge in [-0.2, -0.15) is 0 Å².